The van der Waals surface area contributed by atoms with Crippen LogP contribution >= 0.6 is 0 Å². The zero-order chi connectivity index (χ0) is 19.2. The number of benzene rings is 2. The van der Waals surface area contributed by atoms with Gasteiger partial charge in [-0.25, -0.2) is 0 Å². The van der Waals surface area contributed by atoms with E-state index in [4.69, 9.17) is 14.2 Å². The summed E-state index contributed by atoms with van der Waals surface area (Å²) in [4.78, 5) is 26.0. The Morgan fingerprint density at radius 3 is 2.15 bits per heavy atom. The molecule has 0 aliphatic carbocycles. The quantitative estimate of drug-likeness (QED) is 0.807. The Balaban J connectivity index is 1.50. The molecule has 7 nitrogen and oxygen atoms in total. The van der Waals surface area contributed by atoms with Gasteiger partial charge in [-0.3, -0.25) is 9.59 Å². The van der Waals surface area contributed by atoms with Crippen molar-refractivity contribution in [2.45, 2.75) is 12.5 Å². The van der Waals surface area contributed by atoms with Gasteiger partial charge >= 0.3 is 0 Å². The summed E-state index contributed by atoms with van der Waals surface area (Å²) in [5.74, 6) is 1.73. The Labute approximate surface area is 157 Å². The minimum Gasteiger partial charge on any atom is -0.497 e. The van der Waals surface area contributed by atoms with E-state index in [9.17, 15) is 9.59 Å². The molecule has 142 valence electrons. The molecular weight excluding hydrogens is 348 g/mol. The van der Waals surface area contributed by atoms with Crippen LogP contribution in [-0.2, 0) is 9.59 Å². The molecule has 1 aliphatic heterocycles. The highest BCUT2D eigenvalue weighted by molar-refractivity contribution is 5.97. The highest BCUT2D eigenvalue weighted by Crippen LogP contribution is 2.24. The predicted octanol–water partition coefficient (Wildman–Crippen LogP) is 2.00. The van der Waals surface area contributed by atoms with Crippen LogP contribution in [0.2, 0.25) is 0 Å². The van der Waals surface area contributed by atoms with Gasteiger partial charge in [-0.1, -0.05) is 0 Å². The van der Waals surface area contributed by atoms with Crippen LogP contribution in [0, 0.1) is 0 Å². The molecule has 1 N–H and O–H groups in total. The fraction of sp³-hybridized carbons (Fsp3) is 0.300. The fourth-order valence-corrected chi connectivity index (χ4v) is 2.91. The second kappa shape index (κ2) is 8.44. The average Bonchev–Trinajstić information content (AvgIpc) is 3.06. The summed E-state index contributed by atoms with van der Waals surface area (Å²) in [6.45, 7) is 0.318. The van der Waals surface area contributed by atoms with Crippen molar-refractivity contribution in [3.05, 3.63) is 48.5 Å². The third-order valence-electron chi connectivity index (χ3n) is 4.30. The maximum absolute atomic E-state index is 12.3. The van der Waals surface area contributed by atoms with Crippen molar-refractivity contribution in [3.8, 4) is 17.2 Å². The number of anilines is 1. The highest BCUT2D eigenvalue weighted by Gasteiger charge is 2.31. The summed E-state index contributed by atoms with van der Waals surface area (Å²) >= 11 is 0. The van der Waals surface area contributed by atoms with E-state index in [0.29, 0.717) is 12.3 Å². The van der Waals surface area contributed by atoms with Gasteiger partial charge in [0.1, 0.15) is 17.2 Å². The third kappa shape index (κ3) is 4.69. The van der Waals surface area contributed by atoms with Gasteiger partial charge in [-0.2, -0.15) is 0 Å². The molecule has 7 heteroatoms. The Bertz CT molecular complexity index is 789. The lowest BCUT2D eigenvalue weighted by atomic mass is 10.2. The molecule has 1 saturated heterocycles. The smallest absolute Gasteiger partial charge is 0.258 e. The minimum absolute atomic E-state index is 0.0264. The first-order chi connectivity index (χ1) is 13.1. The minimum atomic E-state index is -0.264. The number of rotatable bonds is 7. The van der Waals surface area contributed by atoms with Crippen LogP contribution in [0.15, 0.2) is 48.5 Å². The molecule has 1 atom stereocenters. The van der Waals surface area contributed by atoms with E-state index in [2.05, 4.69) is 5.32 Å². The van der Waals surface area contributed by atoms with Crippen molar-refractivity contribution in [2.75, 3.05) is 32.3 Å². The van der Waals surface area contributed by atoms with Crippen molar-refractivity contribution >= 4 is 17.5 Å². The van der Waals surface area contributed by atoms with E-state index in [1.165, 1.54) is 0 Å². The van der Waals surface area contributed by atoms with E-state index < -0.39 is 0 Å². The van der Waals surface area contributed by atoms with Crippen LogP contribution in [0.1, 0.15) is 6.42 Å². The first-order valence-electron chi connectivity index (χ1n) is 8.59. The number of hydrogen-bond acceptors (Lipinski definition) is 5. The van der Waals surface area contributed by atoms with Crippen LogP contribution in [0.25, 0.3) is 0 Å². The number of hydrogen-bond donors (Lipinski definition) is 1. The van der Waals surface area contributed by atoms with E-state index >= 15 is 0 Å². The monoisotopic (exact) mass is 370 g/mol. The second-order valence-electron chi connectivity index (χ2n) is 6.14. The normalized spacial score (nSPS) is 16.1. The number of nitrogens with zero attached hydrogens (tertiary/aromatic N) is 1. The number of nitrogens with one attached hydrogen (secondary N) is 1. The molecule has 1 fully saturated rings. The zero-order valence-electron chi connectivity index (χ0n) is 15.3. The summed E-state index contributed by atoms with van der Waals surface area (Å²) in [5.41, 5.74) is 0.784. The molecule has 27 heavy (non-hydrogen) atoms. The van der Waals surface area contributed by atoms with E-state index in [0.717, 1.165) is 17.2 Å². The van der Waals surface area contributed by atoms with Gasteiger partial charge in [0, 0.05) is 18.7 Å². The molecule has 0 bridgehead atoms. The second-order valence-corrected chi connectivity index (χ2v) is 6.14. The van der Waals surface area contributed by atoms with Crippen molar-refractivity contribution in [1.29, 1.82) is 0 Å². The molecule has 3 rings (SSSR count). The molecule has 0 aromatic heterocycles. The summed E-state index contributed by atoms with van der Waals surface area (Å²) < 4.78 is 15.7. The Morgan fingerprint density at radius 1 is 1.00 bits per heavy atom. The first kappa shape index (κ1) is 18.6. The highest BCUT2D eigenvalue weighted by atomic mass is 16.5. The number of amides is 2. The van der Waals surface area contributed by atoms with Crippen LogP contribution in [-0.4, -0.2) is 45.2 Å². The van der Waals surface area contributed by atoms with E-state index in [1.807, 2.05) is 12.1 Å². The molecular formula is C20H22N2O5. The summed E-state index contributed by atoms with van der Waals surface area (Å²) in [5, 5.41) is 2.85. The van der Waals surface area contributed by atoms with Crippen LogP contribution in [0.4, 0.5) is 5.69 Å². The van der Waals surface area contributed by atoms with E-state index in [1.54, 1.807) is 55.5 Å². The van der Waals surface area contributed by atoms with Gasteiger partial charge in [0.25, 0.3) is 5.91 Å². The Hall–Kier alpha value is -3.22. The molecule has 0 unspecified atom stereocenters. The van der Waals surface area contributed by atoms with Crippen molar-refractivity contribution < 1.29 is 23.8 Å². The summed E-state index contributed by atoms with van der Waals surface area (Å²) in [7, 11) is 3.18. The van der Waals surface area contributed by atoms with Gasteiger partial charge in [-0.15, -0.1) is 0 Å². The molecule has 2 amide bonds. The molecule has 2 aromatic carbocycles. The van der Waals surface area contributed by atoms with Crippen LogP contribution in [0.5, 0.6) is 17.2 Å². The lowest BCUT2D eigenvalue weighted by Crippen LogP contribution is -2.39. The maximum atomic E-state index is 12.3. The lowest BCUT2D eigenvalue weighted by Gasteiger charge is -2.17. The first-order valence-corrected chi connectivity index (χ1v) is 8.59. The molecule has 2 aromatic rings. The fourth-order valence-electron chi connectivity index (χ4n) is 2.91. The van der Waals surface area contributed by atoms with E-state index in [-0.39, 0.29) is 30.9 Å². The van der Waals surface area contributed by atoms with Crippen molar-refractivity contribution in [3.63, 3.8) is 0 Å². The lowest BCUT2D eigenvalue weighted by molar-refractivity contribution is -0.123. The molecule has 0 spiro atoms. The maximum Gasteiger partial charge on any atom is 0.258 e. The van der Waals surface area contributed by atoms with Gasteiger partial charge in [0.2, 0.25) is 5.91 Å². The number of carbonyl (C=O) groups excluding carboxylic acids is 2. The average molecular weight is 370 g/mol. The third-order valence-corrected chi connectivity index (χ3v) is 4.30. The number of methoxy groups -OCH3 is 2. The van der Waals surface area contributed by atoms with Gasteiger partial charge in [0.05, 0.1) is 20.3 Å². The zero-order valence-corrected chi connectivity index (χ0v) is 15.3. The molecule has 0 radical (unpaired) electrons. The largest absolute Gasteiger partial charge is 0.497 e. The topological polar surface area (TPSA) is 77.1 Å². The van der Waals surface area contributed by atoms with Crippen LogP contribution in [0.3, 0.4) is 0 Å². The SMILES string of the molecule is COc1ccc(OCC(=O)N[C@@H]2CC(=O)N(c3ccc(OC)cc3)C2)cc1. The van der Waals surface area contributed by atoms with Crippen LogP contribution < -0.4 is 24.4 Å². The van der Waals surface area contributed by atoms with Crippen molar-refractivity contribution in [2.24, 2.45) is 0 Å². The van der Waals surface area contributed by atoms with Crippen molar-refractivity contribution in [1.82, 2.24) is 5.32 Å². The number of ether oxygens (including phenoxy) is 3. The summed E-state index contributed by atoms with van der Waals surface area (Å²) in [6.07, 6.45) is 0.264. The number of carbonyl (C=O) groups is 2. The Kier molecular flexibility index (Phi) is 5.80. The molecule has 0 saturated carbocycles. The summed E-state index contributed by atoms with van der Waals surface area (Å²) in [6, 6.07) is 14.0. The van der Waals surface area contributed by atoms with Gasteiger partial charge in [0.15, 0.2) is 6.61 Å². The molecule has 1 aliphatic rings. The molecule has 1 heterocycles. The van der Waals surface area contributed by atoms with Gasteiger partial charge in [-0.05, 0) is 48.5 Å². The predicted molar refractivity (Wildman–Crippen MR) is 100 cm³/mol. The standard InChI is InChI=1S/C20H22N2O5/c1-25-16-5-3-15(4-6-16)22-12-14(11-20(22)24)21-19(23)13-27-18-9-7-17(26-2)8-10-18/h3-10,14H,11-13H2,1-2H3,(H,21,23)/t14-/m1/s1. The van der Waals surface area contributed by atoms with Gasteiger partial charge < -0.3 is 24.4 Å². The Morgan fingerprint density at radius 2 is 1.56 bits per heavy atom.